The maximum absolute atomic E-state index is 10.2. The minimum atomic E-state index is -0.708. The average molecular weight is 301 g/mol. The van der Waals surface area contributed by atoms with Crippen LogP contribution in [-0.4, -0.2) is 22.2 Å². The molecule has 0 saturated heterocycles. The number of hydrogen-bond donors (Lipinski definition) is 2. The molecule has 1 rings (SSSR count). The van der Waals surface area contributed by atoms with E-state index >= 15 is 0 Å². The van der Waals surface area contributed by atoms with Crippen LogP contribution in [0, 0.1) is 12.8 Å². The Morgan fingerprint density at radius 1 is 1.53 bits per heavy atom. The van der Waals surface area contributed by atoms with Crippen LogP contribution in [-0.2, 0) is 0 Å². The predicted molar refractivity (Wildman–Crippen MR) is 75.2 cm³/mol. The number of hydrogen-bond acceptors (Lipinski definition) is 3. The standard InChI is InChI=1S/C13H21BrN2O/c1-9(2)6-13(4,17)8-16-12-11(14)5-10(3)7-15-12/h5,7,9,17H,6,8H2,1-4H3,(H,15,16). The van der Waals surface area contributed by atoms with Crippen molar-refractivity contribution in [3.05, 3.63) is 22.3 Å². The Balaban J connectivity index is 2.61. The molecule has 3 nitrogen and oxygen atoms in total. The van der Waals surface area contributed by atoms with Crippen LogP contribution in [0.1, 0.15) is 32.8 Å². The van der Waals surface area contributed by atoms with Crippen molar-refractivity contribution < 1.29 is 5.11 Å². The van der Waals surface area contributed by atoms with E-state index in [2.05, 4.69) is 40.1 Å². The van der Waals surface area contributed by atoms with Crippen LogP contribution in [0.15, 0.2) is 16.7 Å². The minimum Gasteiger partial charge on any atom is -0.388 e. The lowest BCUT2D eigenvalue weighted by molar-refractivity contribution is 0.0514. The van der Waals surface area contributed by atoms with Crippen LogP contribution in [0.4, 0.5) is 5.82 Å². The summed E-state index contributed by atoms with van der Waals surface area (Å²) in [7, 11) is 0. The molecule has 0 bridgehead atoms. The van der Waals surface area contributed by atoms with Crippen molar-refractivity contribution in [1.82, 2.24) is 4.98 Å². The summed E-state index contributed by atoms with van der Waals surface area (Å²) >= 11 is 3.46. The zero-order valence-electron chi connectivity index (χ0n) is 10.9. The van der Waals surface area contributed by atoms with Crippen molar-refractivity contribution in [3.8, 4) is 0 Å². The normalized spacial score (nSPS) is 14.8. The number of pyridine rings is 1. The average Bonchev–Trinajstić information content (AvgIpc) is 2.14. The van der Waals surface area contributed by atoms with Gasteiger partial charge < -0.3 is 10.4 Å². The molecule has 1 atom stereocenters. The summed E-state index contributed by atoms with van der Waals surface area (Å²) in [6, 6.07) is 2.01. The van der Waals surface area contributed by atoms with Crippen LogP contribution in [0.5, 0.6) is 0 Å². The number of halogens is 1. The third-order valence-electron chi connectivity index (χ3n) is 2.46. The fourth-order valence-electron chi connectivity index (χ4n) is 1.89. The Kier molecular flexibility index (Phi) is 4.95. The summed E-state index contributed by atoms with van der Waals surface area (Å²) in [5.41, 5.74) is 0.400. The zero-order valence-corrected chi connectivity index (χ0v) is 12.5. The van der Waals surface area contributed by atoms with Gasteiger partial charge in [0.2, 0.25) is 0 Å². The van der Waals surface area contributed by atoms with Gasteiger partial charge in [-0.25, -0.2) is 4.98 Å². The Morgan fingerprint density at radius 2 is 2.18 bits per heavy atom. The quantitative estimate of drug-likeness (QED) is 0.876. The lowest BCUT2D eigenvalue weighted by atomic mass is 9.94. The highest BCUT2D eigenvalue weighted by Crippen LogP contribution is 2.22. The lowest BCUT2D eigenvalue weighted by Gasteiger charge is -2.26. The fourth-order valence-corrected chi connectivity index (χ4v) is 2.49. The number of aromatic nitrogens is 1. The van der Waals surface area contributed by atoms with Crippen LogP contribution in [0.3, 0.4) is 0 Å². The van der Waals surface area contributed by atoms with Crippen molar-refractivity contribution >= 4 is 21.7 Å². The molecule has 0 aliphatic rings. The Labute approximate surface area is 112 Å². The number of rotatable bonds is 5. The van der Waals surface area contributed by atoms with Gasteiger partial charge in [0.25, 0.3) is 0 Å². The van der Waals surface area contributed by atoms with E-state index in [9.17, 15) is 5.11 Å². The molecule has 0 aliphatic carbocycles. The molecule has 1 aromatic heterocycles. The van der Waals surface area contributed by atoms with Gasteiger partial charge in [-0.05, 0) is 53.7 Å². The van der Waals surface area contributed by atoms with E-state index in [1.807, 2.05) is 26.1 Å². The summed E-state index contributed by atoms with van der Waals surface area (Å²) in [6.45, 7) is 8.56. The van der Waals surface area contributed by atoms with Gasteiger partial charge in [-0.15, -0.1) is 0 Å². The topological polar surface area (TPSA) is 45.2 Å². The molecule has 0 aliphatic heterocycles. The summed E-state index contributed by atoms with van der Waals surface area (Å²) in [5, 5.41) is 13.4. The van der Waals surface area contributed by atoms with Gasteiger partial charge in [0.15, 0.2) is 0 Å². The monoisotopic (exact) mass is 300 g/mol. The first kappa shape index (κ1) is 14.5. The molecule has 0 fully saturated rings. The number of aryl methyl sites for hydroxylation is 1. The predicted octanol–water partition coefficient (Wildman–Crippen LogP) is 3.36. The zero-order chi connectivity index (χ0) is 13.1. The Morgan fingerprint density at radius 3 is 2.71 bits per heavy atom. The van der Waals surface area contributed by atoms with Crippen molar-refractivity contribution in [2.75, 3.05) is 11.9 Å². The van der Waals surface area contributed by atoms with Gasteiger partial charge in [0.05, 0.1) is 10.1 Å². The molecular formula is C13H21BrN2O. The van der Waals surface area contributed by atoms with Gasteiger partial charge in [-0.2, -0.15) is 0 Å². The molecule has 4 heteroatoms. The summed E-state index contributed by atoms with van der Waals surface area (Å²) in [6.07, 6.45) is 2.58. The van der Waals surface area contributed by atoms with Gasteiger partial charge >= 0.3 is 0 Å². The van der Waals surface area contributed by atoms with Crippen molar-refractivity contribution in [2.24, 2.45) is 5.92 Å². The van der Waals surface area contributed by atoms with Gasteiger partial charge in [0, 0.05) is 12.7 Å². The molecule has 0 saturated carbocycles. The molecule has 1 unspecified atom stereocenters. The van der Waals surface area contributed by atoms with E-state index < -0.39 is 5.60 Å². The number of nitrogens with one attached hydrogen (secondary N) is 1. The molecule has 96 valence electrons. The smallest absolute Gasteiger partial charge is 0.140 e. The molecule has 17 heavy (non-hydrogen) atoms. The molecule has 2 N–H and O–H groups in total. The molecule has 1 aromatic rings. The second-order valence-electron chi connectivity index (χ2n) is 5.29. The molecule has 0 aromatic carbocycles. The van der Waals surface area contributed by atoms with Gasteiger partial charge in [-0.1, -0.05) is 13.8 Å². The molecule has 0 amide bonds. The van der Waals surface area contributed by atoms with Crippen LogP contribution < -0.4 is 5.32 Å². The van der Waals surface area contributed by atoms with E-state index in [0.29, 0.717) is 12.5 Å². The highest BCUT2D eigenvalue weighted by atomic mass is 79.9. The highest BCUT2D eigenvalue weighted by molar-refractivity contribution is 9.10. The summed E-state index contributed by atoms with van der Waals surface area (Å²) in [4.78, 5) is 4.29. The first-order valence-corrected chi connectivity index (χ1v) is 6.68. The van der Waals surface area contributed by atoms with Crippen molar-refractivity contribution in [1.29, 1.82) is 0 Å². The van der Waals surface area contributed by atoms with Crippen molar-refractivity contribution in [2.45, 2.75) is 39.7 Å². The lowest BCUT2D eigenvalue weighted by Crippen LogP contribution is -2.35. The first-order chi connectivity index (χ1) is 7.80. The summed E-state index contributed by atoms with van der Waals surface area (Å²) < 4.78 is 0.929. The molecule has 0 radical (unpaired) electrons. The summed E-state index contributed by atoms with van der Waals surface area (Å²) in [5.74, 6) is 1.25. The maximum atomic E-state index is 10.2. The fraction of sp³-hybridized carbons (Fsp3) is 0.615. The molecule has 1 heterocycles. The highest BCUT2D eigenvalue weighted by Gasteiger charge is 2.21. The van der Waals surface area contributed by atoms with E-state index in [1.54, 1.807) is 0 Å². The SMILES string of the molecule is Cc1cnc(NCC(C)(O)CC(C)C)c(Br)c1. The third-order valence-corrected chi connectivity index (χ3v) is 3.07. The Bertz CT molecular complexity index is 378. The molecular weight excluding hydrogens is 280 g/mol. The number of aliphatic hydroxyl groups is 1. The van der Waals surface area contributed by atoms with Crippen LogP contribution >= 0.6 is 15.9 Å². The molecule has 0 spiro atoms. The first-order valence-electron chi connectivity index (χ1n) is 5.88. The second-order valence-corrected chi connectivity index (χ2v) is 6.15. The van der Waals surface area contributed by atoms with Crippen LogP contribution in [0.25, 0.3) is 0 Å². The second kappa shape index (κ2) is 5.83. The third kappa shape index (κ3) is 5.04. The van der Waals surface area contributed by atoms with E-state index in [0.717, 1.165) is 22.3 Å². The minimum absolute atomic E-state index is 0.473. The van der Waals surface area contributed by atoms with Crippen LogP contribution in [0.2, 0.25) is 0 Å². The van der Waals surface area contributed by atoms with Gasteiger partial charge in [-0.3, -0.25) is 0 Å². The largest absolute Gasteiger partial charge is 0.388 e. The van der Waals surface area contributed by atoms with Gasteiger partial charge in [0.1, 0.15) is 5.82 Å². The van der Waals surface area contributed by atoms with E-state index in [4.69, 9.17) is 0 Å². The van der Waals surface area contributed by atoms with E-state index in [1.165, 1.54) is 0 Å². The maximum Gasteiger partial charge on any atom is 0.140 e. The number of anilines is 1. The number of nitrogens with zero attached hydrogens (tertiary/aromatic N) is 1. The van der Waals surface area contributed by atoms with E-state index in [-0.39, 0.29) is 0 Å². The Hall–Kier alpha value is -0.610. The van der Waals surface area contributed by atoms with Crippen molar-refractivity contribution in [3.63, 3.8) is 0 Å².